The number of amides is 1. The van der Waals surface area contributed by atoms with E-state index in [1.807, 2.05) is 26.0 Å². The lowest BCUT2D eigenvalue weighted by atomic mass is 10.1. The van der Waals surface area contributed by atoms with Gasteiger partial charge >= 0.3 is 5.97 Å². The first kappa shape index (κ1) is 23.9. The summed E-state index contributed by atoms with van der Waals surface area (Å²) in [5.74, 6) is -1.28. The Labute approximate surface area is 182 Å². The highest BCUT2D eigenvalue weighted by atomic mass is 19.1. The highest BCUT2D eigenvalue weighted by Gasteiger charge is 2.19. The average molecular weight is 426 g/mol. The first-order valence-electron chi connectivity index (χ1n) is 10.2. The number of esters is 1. The van der Waals surface area contributed by atoms with Crippen LogP contribution in [-0.2, 0) is 20.9 Å². The first-order valence-corrected chi connectivity index (χ1v) is 10.2. The van der Waals surface area contributed by atoms with Crippen molar-refractivity contribution in [1.29, 1.82) is 5.26 Å². The summed E-state index contributed by atoms with van der Waals surface area (Å²) in [5, 5.41) is 9.44. The van der Waals surface area contributed by atoms with E-state index in [-0.39, 0.29) is 5.57 Å². The summed E-state index contributed by atoms with van der Waals surface area (Å²) in [5.41, 5.74) is 3.08. The third-order valence-electron chi connectivity index (χ3n) is 4.88. The monoisotopic (exact) mass is 425 g/mol. The summed E-state index contributed by atoms with van der Waals surface area (Å²) in [4.78, 5) is 26.3. The van der Waals surface area contributed by atoms with Gasteiger partial charge in [0, 0.05) is 30.2 Å². The number of aromatic nitrogens is 1. The molecular formula is C24H28FN3O3. The molecule has 31 heavy (non-hydrogen) atoms. The molecule has 0 aliphatic carbocycles. The third-order valence-corrected chi connectivity index (χ3v) is 4.88. The van der Waals surface area contributed by atoms with Crippen molar-refractivity contribution in [3.05, 3.63) is 58.7 Å². The van der Waals surface area contributed by atoms with Crippen LogP contribution in [0.4, 0.5) is 10.1 Å². The van der Waals surface area contributed by atoms with Crippen molar-refractivity contribution in [2.45, 2.75) is 41.2 Å². The topological polar surface area (TPSA) is 75.3 Å². The van der Waals surface area contributed by atoms with Gasteiger partial charge in [-0.15, -0.1) is 0 Å². The Kier molecular flexibility index (Phi) is 8.14. The number of hydrogen-bond donors (Lipinski definition) is 0. The fourth-order valence-electron chi connectivity index (χ4n) is 3.32. The largest absolute Gasteiger partial charge is 0.451 e. The van der Waals surface area contributed by atoms with E-state index in [9.17, 15) is 19.2 Å². The number of carbonyl (C=O) groups is 2. The second-order valence-corrected chi connectivity index (χ2v) is 7.69. The molecule has 0 fully saturated rings. The number of aryl methyl sites for hydroxylation is 1. The Morgan fingerprint density at radius 3 is 2.45 bits per heavy atom. The highest BCUT2D eigenvalue weighted by Crippen LogP contribution is 2.20. The number of nitrogens with zero attached hydrogens (tertiary/aromatic N) is 3. The van der Waals surface area contributed by atoms with Crippen LogP contribution in [0.5, 0.6) is 0 Å². The van der Waals surface area contributed by atoms with Crippen molar-refractivity contribution in [3.63, 3.8) is 0 Å². The second-order valence-electron chi connectivity index (χ2n) is 7.69. The molecule has 1 heterocycles. The molecule has 0 bridgehead atoms. The van der Waals surface area contributed by atoms with Crippen LogP contribution in [0.1, 0.15) is 37.7 Å². The van der Waals surface area contributed by atoms with Gasteiger partial charge in [-0.05, 0) is 68.7 Å². The van der Waals surface area contributed by atoms with Crippen molar-refractivity contribution in [1.82, 2.24) is 4.57 Å². The van der Waals surface area contributed by atoms with Gasteiger partial charge in [-0.2, -0.15) is 5.26 Å². The SMILES string of the molecule is CCN(C(=O)COC(=O)/C(C#N)=C/c1cc(C)n(CC(C)C)c1C)c1ccc(F)cc1. The molecule has 0 radical (unpaired) electrons. The molecule has 0 aliphatic heterocycles. The van der Waals surface area contributed by atoms with Crippen LogP contribution in [0.3, 0.4) is 0 Å². The highest BCUT2D eigenvalue weighted by molar-refractivity contribution is 6.00. The van der Waals surface area contributed by atoms with Crippen LogP contribution in [0.15, 0.2) is 35.9 Å². The molecule has 0 N–H and O–H groups in total. The van der Waals surface area contributed by atoms with Gasteiger partial charge in [0.1, 0.15) is 17.5 Å². The van der Waals surface area contributed by atoms with Gasteiger partial charge in [-0.3, -0.25) is 4.79 Å². The number of nitriles is 1. The van der Waals surface area contributed by atoms with Gasteiger partial charge in [-0.25, -0.2) is 9.18 Å². The number of ether oxygens (including phenoxy) is 1. The molecule has 2 aromatic rings. The molecule has 1 aromatic heterocycles. The van der Waals surface area contributed by atoms with Crippen LogP contribution < -0.4 is 4.90 Å². The second kappa shape index (κ2) is 10.6. The van der Waals surface area contributed by atoms with Gasteiger partial charge < -0.3 is 14.2 Å². The van der Waals surface area contributed by atoms with Crippen LogP contribution in [-0.4, -0.2) is 29.6 Å². The molecule has 1 amide bonds. The van der Waals surface area contributed by atoms with E-state index in [1.54, 1.807) is 6.92 Å². The Balaban J connectivity index is 2.12. The van der Waals surface area contributed by atoms with Crippen molar-refractivity contribution < 1.29 is 18.7 Å². The Morgan fingerprint density at radius 2 is 1.90 bits per heavy atom. The Bertz CT molecular complexity index is 1010. The molecule has 6 nitrogen and oxygen atoms in total. The van der Waals surface area contributed by atoms with E-state index in [2.05, 4.69) is 18.4 Å². The van der Waals surface area contributed by atoms with Crippen LogP contribution in [0, 0.1) is 36.9 Å². The lowest BCUT2D eigenvalue weighted by molar-refractivity contribution is -0.143. The fourth-order valence-corrected chi connectivity index (χ4v) is 3.32. The molecule has 2 rings (SSSR count). The minimum absolute atomic E-state index is 0.178. The van der Waals surface area contributed by atoms with Crippen LogP contribution >= 0.6 is 0 Å². The molecule has 0 spiro atoms. The molecule has 0 saturated carbocycles. The van der Waals surface area contributed by atoms with Crippen LogP contribution in [0.25, 0.3) is 6.08 Å². The minimum atomic E-state index is -0.861. The summed E-state index contributed by atoms with van der Waals surface area (Å²) in [6.45, 7) is 10.6. The molecule has 0 saturated heterocycles. The van der Waals surface area contributed by atoms with E-state index < -0.39 is 24.3 Å². The number of likely N-dealkylation sites (N-methyl/N-ethyl adjacent to an activating group) is 1. The summed E-state index contributed by atoms with van der Waals surface area (Å²) >= 11 is 0. The predicted molar refractivity (Wildman–Crippen MR) is 118 cm³/mol. The number of halogens is 1. The zero-order chi connectivity index (χ0) is 23.1. The summed E-state index contributed by atoms with van der Waals surface area (Å²) in [6, 6.07) is 9.24. The van der Waals surface area contributed by atoms with Crippen molar-refractivity contribution >= 4 is 23.6 Å². The first-order chi connectivity index (χ1) is 14.7. The Hall–Kier alpha value is -3.40. The van der Waals surface area contributed by atoms with Crippen molar-refractivity contribution in [3.8, 4) is 6.07 Å². The quantitative estimate of drug-likeness (QED) is 0.357. The van der Waals surface area contributed by atoms with E-state index in [0.717, 1.165) is 23.5 Å². The zero-order valence-electron chi connectivity index (χ0n) is 18.6. The molecule has 0 unspecified atom stereocenters. The minimum Gasteiger partial charge on any atom is -0.451 e. The van der Waals surface area contributed by atoms with Crippen molar-refractivity contribution in [2.75, 3.05) is 18.1 Å². The smallest absolute Gasteiger partial charge is 0.349 e. The summed E-state index contributed by atoms with van der Waals surface area (Å²) in [7, 11) is 0. The maximum Gasteiger partial charge on any atom is 0.349 e. The lowest BCUT2D eigenvalue weighted by Gasteiger charge is -2.20. The van der Waals surface area contributed by atoms with E-state index >= 15 is 0 Å². The lowest BCUT2D eigenvalue weighted by Crippen LogP contribution is -2.34. The molecule has 7 heteroatoms. The molecule has 0 aliphatic rings. The number of rotatable bonds is 8. The third kappa shape index (κ3) is 6.05. The van der Waals surface area contributed by atoms with Gasteiger partial charge in [0.25, 0.3) is 5.91 Å². The van der Waals surface area contributed by atoms with E-state index in [4.69, 9.17) is 4.74 Å². The molecule has 1 aromatic carbocycles. The number of carbonyl (C=O) groups excluding carboxylic acids is 2. The average Bonchev–Trinajstić information content (AvgIpc) is 2.99. The Morgan fingerprint density at radius 1 is 1.26 bits per heavy atom. The maximum atomic E-state index is 13.1. The van der Waals surface area contributed by atoms with Crippen LogP contribution in [0.2, 0.25) is 0 Å². The standard InChI is InChI=1S/C24H28FN3O3/c1-6-27(22-9-7-21(25)8-10-22)23(29)15-31-24(30)20(13-26)12-19-11-17(4)28(18(19)5)14-16(2)3/h7-12,16H,6,14-15H2,1-5H3/b20-12+. The van der Waals surface area contributed by atoms with Gasteiger partial charge in [0.05, 0.1) is 0 Å². The zero-order valence-corrected chi connectivity index (χ0v) is 18.6. The van der Waals surface area contributed by atoms with E-state index in [0.29, 0.717) is 18.2 Å². The normalized spacial score (nSPS) is 11.4. The molecule has 0 atom stereocenters. The summed E-state index contributed by atoms with van der Waals surface area (Å²) in [6.07, 6.45) is 1.49. The van der Waals surface area contributed by atoms with Gasteiger partial charge in [0.2, 0.25) is 0 Å². The van der Waals surface area contributed by atoms with Crippen molar-refractivity contribution in [2.24, 2.45) is 5.92 Å². The van der Waals surface area contributed by atoms with Gasteiger partial charge in [0.15, 0.2) is 6.61 Å². The number of anilines is 1. The molecular weight excluding hydrogens is 397 g/mol. The number of benzene rings is 1. The van der Waals surface area contributed by atoms with E-state index in [1.165, 1.54) is 35.2 Å². The summed E-state index contributed by atoms with van der Waals surface area (Å²) < 4.78 is 20.4. The van der Waals surface area contributed by atoms with Gasteiger partial charge in [-0.1, -0.05) is 13.8 Å². The number of hydrogen-bond acceptors (Lipinski definition) is 4. The predicted octanol–water partition coefficient (Wildman–Crippen LogP) is 4.40. The maximum absolute atomic E-state index is 13.1. The fraction of sp³-hybridized carbons (Fsp3) is 0.375. The molecule has 164 valence electrons.